The summed E-state index contributed by atoms with van der Waals surface area (Å²) in [5.41, 5.74) is 9.37. The molecule has 0 radical (unpaired) electrons. The van der Waals surface area contributed by atoms with Gasteiger partial charge in [0.25, 0.3) is 0 Å². The molecule has 0 bridgehead atoms. The van der Waals surface area contributed by atoms with Gasteiger partial charge in [-0.25, -0.2) is 0 Å². The van der Waals surface area contributed by atoms with Gasteiger partial charge in [0.1, 0.15) is 0 Å². The molecule has 2 N–H and O–H groups in total. The summed E-state index contributed by atoms with van der Waals surface area (Å²) in [5, 5.41) is 4.37. The maximum Gasteiger partial charge on any atom is 0.0568 e. The maximum atomic E-state index is 5.64. The van der Waals surface area contributed by atoms with E-state index in [-0.39, 0.29) is 0 Å². The standard InChI is InChI=1S/C14H19N3/c1-2-9-17-11-13(10-16-17)14-6-4-3-5-12(14)7-8-15/h3-6,10-11H,2,7-9,15H2,1H3. The van der Waals surface area contributed by atoms with Gasteiger partial charge < -0.3 is 5.73 Å². The summed E-state index contributed by atoms with van der Waals surface area (Å²) in [6.07, 6.45) is 6.06. The second-order valence-corrected chi connectivity index (χ2v) is 4.19. The van der Waals surface area contributed by atoms with Gasteiger partial charge in [0.15, 0.2) is 0 Å². The number of benzene rings is 1. The van der Waals surface area contributed by atoms with Crippen molar-refractivity contribution in [3.63, 3.8) is 0 Å². The quantitative estimate of drug-likeness (QED) is 0.856. The van der Waals surface area contributed by atoms with E-state index in [9.17, 15) is 0 Å². The fourth-order valence-electron chi connectivity index (χ4n) is 2.03. The average Bonchev–Trinajstić information content (AvgIpc) is 2.79. The summed E-state index contributed by atoms with van der Waals surface area (Å²) < 4.78 is 1.99. The zero-order chi connectivity index (χ0) is 12.1. The number of aryl methyl sites for hydroxylation is 1. The van der Waals surface area contributed by atoms with Crippen LogP contribution in [-0.4, -0.2) is 16.3 Å². The van der Waals surface area contributed by atoms with Crippen molar-refractivity contribution in [2.24, 2.45) is 5.73 Å². The minimum Gasteiger partial charge on any atom is -0.330 e. The molecule has 0 aliphatic rings. The first-order chi connectivity index (χ1) is 8.35. The van der Waals surface area contributed by atoms with Gasteiger partial charge in [-0.1, -0.05) is 31.2 Å². The van der Waals surface area contributed by atoms with Crippen molar-refractivity contribution in [3.8, 4) is 11.1 Å². The number of nitrogens with two attached hydrogens (primary N) is 1. The molecular weight excluding hydrogens is 210 g/mol. The minimum atomic E-state index is 0.681. The van der Waals surface area contributed by atoms with E-state index in [4.69, 9.17) is 5.73 Å². The van der Waals surface area contributed by atoms with Crippen LogP contribution >= 0.6 is 0 Å². The van der Waals surface area contributed by atoms with Crippen molar-refractivity contribution in [2.75, 3.05) is 6.54 Å². The normalized spacial score (nSPS) is 10.7. The molecule has 0 fully saturated rings. The Balaban J connectivity index is 2.31. The van der Waals surface area contributed by atoms with Gasteiger partial charge in [-0.3, -0.25) is 4.68 Å². The largest absolute Gasteiger partial charge is 0.330 e. The lowest BCUT2D eigenvalue weighted by atomic mass is 10.0. The molecule has 0 atom stereocenters. The molecule has 0 aliphatic heterocycles. The summed E-state index contributed by atoms with van der Waals surface area (Å²) in [7, 11) is 0. The van der Waals surface area contributed by atoms with Gasteiger partial charge in [-0.2, -0.15) is 5.10 Å². The number of hydrogen-bond acceptors (Lipinski definition) is 2. The highest BCUT2D eigenvalue weighted by Crippen LogP contribution is 2.23. The zero-order valence-corrected chi connectivity index (χ0v) is 10.3. The monoisotopic (exact) mass is 229 g/mol. The number of hydrogen-bond donors (Lipinski definition) is 1. The SMILES string of the molecule is CCCn1cc(-c2ccccc2CCN)cn1. The summed E-state index contributed by atoms with van der Waals surface area (Å²) in [5.74, 6) is 0. The first-order valence-electron chi connectivity index (χ1n) is 6.16. The first kappa shape index (κ1) is 11.9. The Bertz CT molecular complexity index is 474. The highest BCUT2D eigenvalue weighted by Gasteiger charge is 2.06. The van der Waals surface area contributed by atoms with E-state index in [1.165, 1.54) is 16.7 Å². The van der Waals surface area contributed by atoms with Crippen LogP contribution in [-0.2, 0) is 13.0 Å². The van der Waals surface area contributed by atoms with E-state index in [0.29, 0.717) is 6.54 Å². The van der Waals surface area contributed by atoms with Crippen LogP contribution in [0, 0.1) is 0 Å². The van der Waals surface area contributed by atoms with Gasteiger partial charge in [0.05, 0.1) is 6.20 Å². The van der Waals surface area contributed by atoms with Crippen molar-refractivity contribution in [1.29, 1.82) is 0 Å². The molecule has 2 rings (SSSR count). The Morgan fingerprint density at radius 3 is 2.88 bits per heavy atom. The van der Waals surface area contributed by atoms with Gasteiger partial charge in [-0.05, 0) is 30.5 Å². The minimum absolute atomic E-state index is 0.681. The lowest BCUT2D eigenvalue weighted by Crippen LogP contribution is -2.03. The average molecular weight is 229 g/mol. The Labute approximate surface area is 102 Å². The summed E-state index contributed by atoms with van der Waals surface area (Å²) in [6.45, 7) is 3.81. The van der Waals surface area contributed by atoms with Crippen molar-refractivity contribution in [1.82, 2.24) is 9.78 Å². The van der Waals surface area contributed by atoms with Crippen LogP contribution in [0.15, 0.2) is 36.7 Å². The van der Waals surface area contributed by atoms with Gasteiger partial charge >= 0.3 is 0 Å². The van der Waals surface area contributed by atoms with Gasteiger partial charge in [0.2, 0.25) is 0 Å². The molecule has 0 spiro atoms. The van der Waals surface area contributed by atoms with Crippen molar-refractivity contribution in [2.45, 2.75) is 26.3 Å². The van der Waals surface area contributed by atoms with Crippen LogP contribution in [0.3, 0.4) is 0 Å². The number of rotatable bonds is 5. The molecule has 1 aromatic carbocycles. The molecule has 0 saturated heterocycles. The molecular formula is C14H19N3. The molecule has 0 amide bonds. The summed E-state index contributed by atoms with van der Waals surface area (Å²) in [4.78, 5) is 0. The predicted octanol–water partition coefficient (Wildman–Crippen LogP) is 2.46. The first-order valence-corrected chi connectivity index (χ1v) is 6.16. The van der Waals surface area contributed by atoms with E-state index < -0.39 is 0 Å². The van der Waals surface area contributed by atoms with E-state index >= 15 is 0 Å². The van der Waals surface area contributed by atoms with E-state index in [2.05, 4.69) is 42.5 Å². The molecule has 1 heterocycles. The van der Waals surface area contributed by atoms with Crippen LogP contribution in [0.25, 0.3) is 11.1 Å². The van der Waals surface area contributed by atoms with Crippen molar-refractivity contribution < 1.29 is 0 Å². The molecule has 0 unspecified atom stereocenters. The van der Waals surface area contributed by atoms with Crippen LogP contribution < -0.4 is 5.73 Å². The third kappa shape index (κ3) is 2.74. The van der Waals surface area contributed by atoms with E-state index in [0.717, 1.165) is 19.4 Å². The molecule has 0 aliphatic carbocycles. The Kier molecular flexibility index (Phi) is 3.94. The van der Waals surface area contributed by atoms with E-state index in [1.54, 1.807) is 0 Å². The molecule has 2 aromatic rings. The highest BCUT2D eigenvalue weighted by molar-refractivity contribution is 5.65. The van der Waals surface area contributed by atoms with Crippen molar-refractivity contribution in [3.05, 3.63) is 42.2 Å². The molecule has 90 valence electrons. The van der Waals surface area contributed by atoms with Crippen LogP contribution in [0.1, 0.15) is 18.9 Å². The predicted molar refractivity (Wildman–Crippen MR) is 70.7 cm³/mol. The fraction of sp³-hybridized carbons (Fsp3) is 0.357. The van der Waals surface area contributed by atoms with Gasteiger partial charge in [0, 0.05) is 18.3 Å². The Hall–Kier alpha value is -1.61. The third-order valence-electron chi connectivity index (χ3n) is 2.83. The summed E-state index contributed by atoms with van der Waals surface area (Å²) in [6, 6.07) is 8.40. The molecule has 0 saturated carbocycles. The summed E-state index contributed by atoms with van der Waals surface area (Å²) >= 11 is 0. The third-order valence-corrected chi connectivity index (χ3v) is 2.83. The number of nitrogens with zero attached hydrogens (tertiary/aromatic N) is 2. The molecule has 3 heteroatoms. The second-order valence-electron chi connectivity index (χ2n) is 4.19. The lowest BCUT2D eigenvalue weighted by Gasteiger charge is -2.05. The lowest BCUT2D eigenvalue weighted by molar-refractivity contribution is 0.603. The van der Waals surface area contributed by atoms with Gasteiger partial charge in [-0.15, -0.1) is 0 Å². The van der Waals surface area contributed by atoms with Crippen LogP contribution in [0.2, 0.25) is 0 Å². The molecule has 1 aromatic heterocycles. The Morgan fingerprint density at radius 2 is 2.12 bits per heavy atom. The smallest absolute Gasteiger partial charge is 0.0568 e. The van der Waals surface area contributed by atoms with Crippen LogP contribution in [0.4, 0.5) is 0 Å². The fourth-order valence-corrected chi connectivity index (χ4v) is 2.03. The molecule has 17 heavy (non-hydrogen) atoms. The topological polar surface area (TPSA) is 43.8 Å². The van der Waals surface area contributed by atoms with E-state index in [1.807, 2.05) is 10.9 Å². The Morgan fingerprint density at radius 1 is 1.29 bits per heavy atom. The van der Waals surface area contributed by atoms with Crippen LogP contribution in [0.5, 0.6) is 0 Å². The number of aromatic nitrogens is 2. The second kappa shape index (κ2) is 5.64. The molecule has 3 nitrogen and oxygen atoms in total. The highest BCUT2D eigenvalue weighted by atomic mass is 15.3. The zero-order valence-electron chi connectivity index (χ0n) is 10.3. The van der Waals surface area contributed by atoms with Crippen molar-refractivity contribution >= 4 is 0 Å². The maximum absolute atomic E-state index is 5.64.